The molecule has 0 unspecified atom stereocenters. The number of ether oxygens (including phenoxy) is 1. The number of furan rings is 1. The lowest BCUT2D eigenvalue weighted by Gasteiger charge is -2.25. The van der Waals surface area contributed by atoms with E-state index in [9.17, 15) is 4.79 Å². The highest BCUT2D eigenvalue weighted by molar-refractivity contribution is 5.91. The number of carbonyl (C=O) groups excluding carboxylic acids is 1. The number of morpholine rings is 1. The topological polar surface area (TPSA) is 45.9 Å². The number of nitrogens with zero attached hydrogens (tertiary/aromatic N) is 2. The Morgan fingerprint density at radius 1 is 1.26 bits per heavy atom. The van der Waals surface area contributed by atoms with Crippen LogP contribution in [0.4, 0.5) is 0 Å². The normalized spacial score (nSPS) is 16.1. The van der Waals surface area contributed by atoms with Gasteiger partial charge >= 0.3 is 0 Å². The van der Waals surface area contributed by atoms with Gasteiger partial charge < -0.3 is 14.1 Å². The average Bonchev–Trinajstić information content (AvgIpc) is 2.93. The van der Waals surface area contributed by atoms with Crippen LogP contribution in [0.15, 0.2) is 16.5 Å². The van der Waals surface area contributed by atoms with Gasteiger partial charge in [-0.3, -0.25) is 9.69 Å². The maximum Gasteiger partial charge on any atom is 0.289 e. The number of carbonyl (C=O) groups is 1. The van der Waals surface area contributed by atoms with Crippen LogP contribution in [-0.2, 0) is 11.3 Å². The van der Waals surface area contributed by atoms with Gasteiger partial charge in [0.2, 0.25) is 0 Å². The van der Waals surface area contributed by atoms with E-state index < -0.39 is 0 Å². The predicted molar refractivity (Wildman–Crippen MR) is 72.1 cm³/mol. The van der Waals surface area contributed by atoms with Crippen molar-refractivity contribution in [2.75, 3.05) is 39.4 Å². The van der Waals surface area contributed by atoms with Crippen LogP contribution in [0.25, 0.3) is 0 Å². The zero-order valence-corrected chi connectivity index (χ0v) is 11.7. The molecule has 1 fully saturated rings. The highest BCUT2D eigenvalue weighted by atomic mass is 16.5. The van der Waals surface area contributed by atoms with E-state index in [1.54, 1.807) is 11.0 Å². The molecule has 1 aliphatic heterocycles. The summed E-state index contributed by atoms with van der Waals surface area (Å²) in [6.45, 7) is 9.45. The van der Waals surface area contributed by atoms with Crippen molar-refractivity contribution < 1.29 is 13.9 Å². The van der Waals surface area contributed by atoms with Gasteiger partial charge in [-0.25, -0.2) is 0 Å². The Morgan fingerprint density at radius 3 is 2.58 bits per heavy atom. The Balaban J connectivity index is 1.97. The molecule has 0 N–H and O–H groups in total. The summed E-state index contributed by atoms with van der Waals surface area (Å²) in [5, 5.41) is 0. The first kappa shape index (κ1) is 14.1. The van der Waals surface area contributed by atoms with Crippen molar-refractivity contribution in [3.63, 3.8) is 0 Å². The zero-order valence-electron chi connectivity index (χ0n) is 11.7. The molecule has 19 heavy (non-hydrogen) atoms. The molecule has 2 heterocycles. The summed E-state index contributed by atoms with van der Waals surface area (Å²) < 4.78 is 10.9. The smallest absolute Gasteiger partial charge is 0.289 e. The summed E-state index contributed by atoms with van der Waals surface area (Å²) in [6, 6.07) is 3.67. The zero-order chi connectivity index (χ0) is 13.7. The second-order valence-corrected chi connectivity index (χ2v) is 4.63. The molecule has 0 bridgehead atoms. The summed E-state index contributed by atoms with van der Waals surface area (Å²) in [4.78, 5) is 16.2. The first-order chi connectivity index (χ1) is 9.24. The maximum absolute atomic E-state index is 12.2. The van der Waals surface area contributed by atoms with Gasteiger partial charge in [0.25, 0.3) is 5.91 Å². The molecule has 1 aliphatic rings. The number of hydrogen-bond acceptors (Lipinski definition) is 4. The Labute approximate surface area is 114 Å². The number of amides is 1. The van der Waals surface area contributed by atoms with Crippen molar-refractivity contribution in [2.45, 2.75) is 20.4 Å². The van der Waals surface area contributed by atoms with Gasteiger partial charge in [-0.1, -0.05) is 13.8 Å². The van der Waals surface area contributed by atoms with Crippen molar-refractivity contribution in [3.05, 3.63) is 23.7 Å². The predicted octanol–water partition coefficient (Wildman–Crippen LogP) is 1.59. The minimum atomic E-state index is -0.0332. The summed E-state index contributed by atoms with van der Waals surface area (Å²) in [6.07, 6.45) is 0. The third kappa shape index (κ3) is 3.58. The molecule has 1 saturated heterocycles. The third-order valence-corrected chi connectivity index (χ3v) is 3.44. The van der Waals surface area contributed by atoms with E-state index in [2.05, 4.69) is 18.7 Å². The molecule has 0 saturated carbocycles. The molecular formula is C14H22N2O3. The Kier molecular flexibility index (Phi) is 4.99. The maximum atomic E-state index is 12.2. The summed E-state index contributed by atoms with van der Waals surface area (Å²) in [5.41, 5.74) is 0. The second-order valence-electron chi connectivity index (χ2n) is 4.63. The van der Waals surface area contributed by atoms with Crippen LogP contribution < -0.4 is 0 Å². The van der Waals surface area contributed by atoms with E-state index >= 15 is 0 Å². The van der Waals surface area contributed by atoms with Gasteiger partial charge in [-0.05, 0) is 25.2 Å². The lowest BCUT2D eigenvalue weighted by atomic mass is 10.3. The number of rotatable bonds is 5. The summed E-state index contributed by atoms with van der Waals surface area (Å²) in [7, 11) is 0. The van der Waals surface area contributed by atoms with Crippen LogP contribution in [0.3, 0.4) is 0 Å². The van der Waals surface area contributed by atoms with Gasteiger partial charge in [-0.2, -0.15) is 0 Å². The van der Waals surface area contributed by atoms with E-state index in [4.69, 9.17) is 9.15 Å². The molecule has 1 aromatic heterocycles. The van der Waals surface area contributed by atoms with E-state index in [0.717, 1.165) is 25.4 Å². The first-order valence-corrected chi connectivity index (χ1v) is 6.92. The van der Waals surface area contributed by atoms with Crippen molar-refractivity contribution in [3.8, 4) is 0 Å². The minimum absolute atomic E-state index is 0.0332. The number of hydrogen-bond donors (Lipinski definition) is 0. The molecule has 1 amide bonds. The lowest BCUT2D eigenvalue weighted by molar-refractivity contribution is 0.0281. The Hall–Kier alpha value is -1.33. The fraction of sp³-hybridized carbons (Fsp3) is 0.643. The third-order valence-electron chi connectivity index (χ3n) is 3.44. The molecule has 0 atom stereocenters. The van der Waals surface area contributed by atoms with Crippen LogP contribution in [0.1, 0.15) is 30.2 Å². The minimum Gasteiger partial charge on any atom is -0.455 e. The van der Waals surface area contributed by atoms with Gasteiger partial charge in [-0.15, -0.1) is 0 Å². The molecule has 0 aromatic carbocycles. The van der Waals surface area contributed by atoms with E-state index in [1.807, 2.05) is 6.07 Å². The van der Waals surface area contributed by atoms with E-state index in [1.165, 1.54) is 0 Å². The van der Waals surface area contributed by atoms with Gasteiger partial charge in [0, 0.05) is 13.1 Å². The second kappa shape index (κ2) is 6.73. The van der Waals surface area contributed by atoms with Crippen LogP contribution in [0.5, 0.6) is 0 Å². The largest absolute Gasteiger partial charge is 0.455 e. The molecule has 2 rings (SSSR count). The standard InChI is InChI=1S/C14H22N2O3/c1-3-15(4-2)11-12-5-6-13(19-12)14(17)16-7-9-18-10-8-16/h5-6H,3-4,7-11H2,1-2H3. The average molecular weight is 266 g/mol. The Morgan fingerprint density at radius 2 is 1.95 bits per heavy atom. The van der Waals surface area contributed by atoms with Crippen molar-refractivity contribution in [1.82, 2.24) is 9.80 Å². The van der Waals surface area contributed by atoms with Crippen molar-refractivity contribution in [2.24, 2.45) is 0 Å². The van der Waals surface area contributed by atoms with Crippen molar-refractivity contribution in [1.29, 1.82) is 0 Å². The Bertz CT molecular complexity index is 407. The fourth-order valence-corrected chi connectivity index (χ4v) is 2.17. The van der Waals surface area contributed by atoms with Crippen LogP contribution in [-0.4, -0.2) is 55.1 Å². The van der Waals surface area contributed by atoms with Gasteiger partial charge in [0.1, 0.15) is 5.76 Å². The van der Waals surface area contributed by atoms with Crippen LogP contribution in [0.2, 0.25) is 0 Å². The first-order valence-electron chi connectivity index (χ1n) is 6.92. The molecule has 106 valence electrons. The van der Waals surface area contributed by atoms with Crippen LogP contribution >= 0.6 is 0 Å². The molecular weight excluding hydrogens is 244 g/mol. The van der Waals surface area contributed by atoms with Crippen LogP contribution in [0, 0.1) is 0 Å². The molecule has 1 aromatic rings. The fourth-order valence-electron chi connectivity index (χ4n) is 2.17. The molecule has 0 spiro atoms. The highest BCUT2D eigenvalue weighted by Crippen LogP contribution is 2.13. The monoisotopic (exact) mass is 266 g/mol. The summed E-state index contributed by atoms with van der Waals surface area (Å²) >= 11 is 0. The summed E-state index contributed by atoms with van der Waals surface area (Å²) in [5.74, 6) is 1.25. The molecule has 0 radical (unpaired) electrons. The SMILES string of the molecule is CCN(CC)Cc1ccc(C(=O)N2CCOCC2)o1. The van der Waals surface area contributed by atoms with E-state index in [0.29, 0.717) is 32.1 Å². The molecule has 0 aliphatic carbocycles. The van der Waals surface area contributed by atoms with Gasteiger partial charge in [0.05, 0.1) is 19.8 Å². The van der Waals surface area contributed by atoms with E-state index in [-0.39, 0.29) is 5.91 Å². The molecule has 5 heteroatoms. The van der Waals surface area contributed by atoms with Crippen molar-refractivity contribution >= 4 is 5.91 Å². The lowest BCUT2D eigenvalue weighted by Crippen LogP contribution is -2.40. The quantitative estimate of drug-likeness (QED) is 0.812. The molecule has 5 nitrogen and oxygen atoms in total. The van der Waals surface area contributed by atoms with Gasteiger partial charge in [0.15, 0.2) is 5.76 Å². The highest BCUT2D eigenvalue weighted by Gasteiger charge is 2.21.